The second-order valence-corrected chi connectivity index (χ2v) is 10.7. The summed E-state index contributed by atoms with van der Waals surface area (Å²) >= 11 is 1.31. The van der Waals surface area contributed by atoms with E-state index in [-0.39, 0.29) is 12.2 Å². The van der Waals surface area contributed by atoms with Gasteiger partial charge in [0.1, 0.15) is 0 Å². The third-order valence-electron chi connectivity index (χ3n) is 7.21. The molecule has 0 aliphatic carbocycles. The molecule has 0 bridgehead atoms. The lowest BCUT2D eigenvalue weighted by Gasteiger charge is -2.25. The van der Waals surface area contributed by atoms with Crippen LogP contribution in [0.4, 0.5) is 5.69 Å². The SMILES string of the molecule is CCOC(=O)C1=C(C)N=c2s/c(=C/c3ccc(N4CCCC4)c(C)c3)c(=O)n2[C@@H]1c1ccc(OC)c(OC)c1. The Bertz CT molecular complexity index is 1630. The molecule has 0 saturated carbocycles. The van der Waals surface area contributed by atoms with Gasteiger partial charge >= 0.3 is 5.97 Å². The number of fused-ring (bicyclic) bond motifs is 1. The van der Waals surface area contributed by atoms with E-state index in [1.807, 2.05) is 12.1 Å². The summed E-state index contributed by atoms with van der Waals surface area (Å²) < 4.78 is 18.5. The minimum absolute atomic E-state index is 0.214. The Balaban J connectivity index is 1.65. The van der Waals surface area contributed by atoms with Crippen LogP contribution in [-0.4, -0.2) is 44.5 Å². The highest BCUT2D eigenvalue weighted by Crippen LogP contribution is 2.36. The van der Waals surface area contributed by atoms with Gasteiger partial charge in [-0.2, -0.15) is 0 Å². The van der Waals surface area contributed by atoms with Gasteiger partial charge < -0.3 is 19.1 Å². The van der Waals surface area contributed by atoms with E-state index < -0.39 is 12.0 Å². The van der Waals surface area contributed by atoms with Crippen molar-refractivity contribution < 1.29 is 19.0 Å². The van der Waals surface area contributed by atoms with Crippen molar-refractivity contribution in [1.82, 2.24) is 4.57 Å². The zero-order chi connectivity index (χ0) is 27.7. The van der Waals surface area contributed by atoms with Crippen LogP contribution in [-0.2, 0) is 9.53 Å². The number of hydrogen-bond acceptors (Lipinski definition) is 8. The van der Waals surface area contributed by atoms with E-state index in [9.17, 15) is 9.59 Å². The predicted octanol–water partition coefficient (Wildman–Crippen LogP) is 3.72. The van der Waals surface area contributed by atoms with Crippen LogP contribution in [0.15, 0.2) is 57.5 Å². The summed E-state index contributed by atoms with van der Waals surface area (Å²) in [6, 6.07) is 11.0. The fraction of sp³-hybridized carbons (Fsp3) is 0.367. The summed E-state index contributed by atoms with van der Waals surface area (Å²) in [6.45, 7) is 8.02. The monoisotopic (exact) mass is 547 g/mol. The number of rotatable bonds is 7. The summed E-state index contributed by atoms with van der Waals surface area (Å²) in [5, 5.41) is 0. The molecule has 1 atom stereocenters. The molecule has 5 rings (SSSR count). The van der Waals surface area contributed by atoms with Crippen LogP contribution in [0.2, 0.25) is 0 Å². The van der Waals surface area contributed by atoms with Gasteiger partial charge in [0.2, 0.25) is 0 Å². The Kier molecular flexibility index (Phi) is 7.61. The van der Waals surface area contributed by atoms with Crippen molar-refractivity contribution in [3.8, 4) is 11.5 Å². The molecule has 3 aromatic rings. The highest BCUT2D eigenvalue weighted by molar-refractivity contribution is 7.07. The summed E-state index contributed by atoms with van der Waals surface area (Å²) in [5.41, 5.74) is 4.71. The van der Waals surface area contributed by atoms with Crippen molar-refractivity contribution in [3.05, 3.63) is 84.0 Å². The quantitative estimate of drug-likeness (QED) is 0.420. The molecule has 1 fully saturated rings. The second-order valence-electron chi connectivity index (χ2n) is 9.66. The number of methoxy groups -OCH3 is 2. The first-order valence-electron chi connectivity index (χ1n) is 13.1. The van der Waals surface area contributed by atoms with E-state index in [0.717, 1.165) is 18.7 Å². The Morgan fingerprint density at radius 3 is 2.49 bits per heavy atom. The maximum atomic E-state index is 13.9. The van der Waals surface area contributed by atoms with Gasteiger partial charge in [0.15, 0.2) is 16.3 Å². The van der Waals surface area contributed by atoms with E-state index >= 15 is 0 Å². The number of carbonyl (C=O) groups excluding carboxylic acids is 1. The van der Waals surface area contributed by atoms with E-state index in [1.165, 1.54) is 35.4 Å². The molecule has 8 nitrogen and oxygen atoms in total. The van der Waals surface area contributed by atoms with E-state index in [4.69, 9.17) is 14.2 Å². The molecule has 0 amide bonds. The summed E-state index contributed by atoms with van der Waals surface area (Å²) in [5.74, 6) is 0.560. The van der Waals surface area contributed by atoms with Crippen molar-refractivity contribution in [2.75, 3.05) is 38.8 Å². The molecule has 0 N–H and O–H groups in total. The molecule has 2 aliphatic heterocycles. The molecule has 0 radical (unpaired) electrons. The Labute approximate surface area is 231 Å². The van der Waals surface area contributed by atoms with Crippen LogP contribution < -0.4 is 29.3 Å². The number of esters is 1. The van der Waals surface area contributed by atoms with E-state index in [1.54, 1.807) is 44.8 Å². The number of benzene rings is 2. The van der Waals surface area contributed by atoms with Crippen molar-refractivity contribution in [2.24, 2.45) is 4.99 Å². The molecule has 9 heteroatoms. The van der Waals surface area contributed by atoms with Gasteiger partial charge in [0, 0.05) is 18.8 Å². The molecular formula is C30H33N3O5S. The first-order valence-corrected chi connectivity index (χ1v) is 13.9. The Hall–Kier alpha value is -3.85. The van der Waals surface area contributed by atoms with Crippen LogP contribution >= 0.6 is 11.3 Å². The van der Waals surface area contributed by atoms with Crippen LogP contribution in [0, 0.1) is 6.92 Å². The molecule has 3 heterocycles. The van der Waals surface area contributed by atoms with Crippen LogP contribution in [0.5, 0.6) is 11.5 Å². The highest BCUT2D eigenvalue weighted by Gasteiger charge is 2.34. The lowest BCUT2D eigenvalue weighted by Crippen LogP contribution is -2.40. The molecule has 39 heavy (non-hydrogen) atoms. The Morgan fingerprint density at radius 1 is 1.08 bits per heavy atom. The van der Waals surface area contributed by atoms with Crippen LogP contribution in [0.25, 0.3) is 6.08 Å². The molecule has 2 aliphatic rings. The number of ether oxygens (including phenoxy) is 3. The largest absolute Gasteiger partial charge is 0.493 e. The van der Waals surface area contributed by atoms with Crippen LogP contribution in [0.1, 0.15) is 49.4 Å². The third-order valence-corrected chi connectivity index (χ3v) is 8.19. The minimum atomic E-state index is -0.721. The molecule has 204 valence electrons. The van der Waals surface area contributed by atoms with E-state index in [0.29, 0.717) is 37.7 Å². The Morgan fingerprint density at radius 2 is 1.82 bits per heavy atom. The number of thiazole rings is 1. The predicted molar refractivity (Wildman–Crippen MR) is 153 cm³/mol. The molecule has 0 spiro atoms. The lowest BCUT2D eigenvalue weighted by molar-refractivity contribution is -0.139. The fourth-order valence-electron chi connectivity index (χ4n) is 5.36. The van der Waals surface area contributed by atoms with Crippen molar-refractivity contribution in [3.63, 3.8) is 0 Å². The van der Waals surface area contributed by atoms with Crippen molar-refractivity contribution in [1.29, 1.82) is 0 Å². The number of aromatic nitrogens is 1. The zero-order valence-electron chi connectivity index (χ0n) is 22.9. The standard InChI is InChI=1S/C30H33N3O5S/c1-6-38-29(35)26-19(3)31-30-33(27(26)21-10-12-23(36-4)24(17-21)37-5)28(34)25(39-30)16-20-9-11-22(18(2)15-20)32-13-7-8-14-32/h9-12,15-17,27H,6-8,13-14H2,1-5H3/b25-16+/t27-/m1/s1. The van der Waals surface area contributed by atoms with Gasteiger partial charge in [0.05, 0.1) is 42.7 Å². The van der Waals surface area contributed by atoms with Gasteiger partial charge in [-0.15, -0.1) is 0 Å². The molecule has 0 unspecified atom stereocenters. The van der Waals surface area contributed by atoms with Gasteiger partial charge in [-0.05, 0) is 80.6 Å². The molecule has 2 aromatic carbocycles. The lowest BCUT2D eigenvalue weighted by atomic mass is 9.95. The maximum Gasteiger partial charge on any atom is 0.338 e. The number of nitrogens with zero attached hydrogens (tertiary/aromatic N) is 3. The van der Waals surface area contributed by atoms with E-state index in [2.05, 4.69) is 35.0 Å². The summed E-state index contributed by atoms with van der Waals surface area (Å²) in [7, 11) is 3.12. The average molecular weight is 548 g/mol. The second kappa shape index (κ2) is 11.1. The van der Waals surface area contributed by atoms with Crippen molar-refractivity contribution >= 4 is 29.1 Å². The number of carbonyl (C=O) groups is 1. The van der Waals surface area contributed by atoms with Crippen molar-refractivity contribution in [2.45, 2.75) is 39.7 Å². The van der Waals surface area contributed by atoms with Crippen LogP contribution in [0.3, 0.4) is 0 Å². The fourth-order valence-corrected chi connectivity index (χ4v) is 6.41. The minimum Gasteiger partial charge on any atom is -0.493 e. The maximum absolute atomic E-state index is 13.9. The number of hydrogen-bond donors (Lipinski definition) is 0. The zero-order valence-corrected chi connectivity index (χ0v) is 23.8. The molecular weight excluding hydrogens is 514 g/mol. The molecule has 1 saturated heterocycles. The normalized spacial score (nSPS) is 17.2. The summed E-state index contributed by atoms with van der Waals surface area (Å²) in [6.07, 6.45) is 4.34. The third kappa shape index (κ3) is 4.98. The number of allylic oxidation sites excluding steroid dienone is 1. The van der Waals surface area contributed by atoms with Gasteiger partial charge in [-0.25, -0.2) is 9.79 Å². The van der Waals surface area contributed by atoms with Gasteiger partial charge in [0.25, 0.3) is 5.56 Å². The number of aryl methyl sites for hydroxylation is 1. The van der Waals surface area contributed by atoms with Gasteiger partial charge in [-0.1, -0.05) is 23.5 Å². The number of anilines is 1. The summed E-state index contributed by atoms with van der Waals surface area (Å²) in [4.78, 5) is 34.7. The highest BCUT2D eigenvalue weighted by atomic mass is 32.1. The topological polar surface area (TPSA) is 82.4 Å². The average Bonchev–Trinajstić information content (AvgIpc) is 3.56. The first-order chi connectivity index (χ1) is 18.9. The van der Waals surface area contributed by atoms with Gasteiger partial charge in [-0.3, -0.25) is 9.36 Å². The first kappa shape index (κ1) is 26.7. The smallest absolute Gasteiger partial charge is 0.338 e. The molecule has 1 aromatic heterocycles.